The van der Waals surface area contributed by atoms with Crippen LogP contribution >= 0.6 is 0 Å². The molecule has 0 saturated carbocycles. The van der Waals surface area contributed by atoms with Crippen LogP contribution in [0.15, 0.2) is 53.8 Å². The van der Waals surface area contributed by atoms with Crippen LogP contribution in [0.2, 0.25) is 0 Å². The van der Waals surface area contributed by atoms with Gasteiger partial charge in [-0.15, -0.1) is 0 Å². The number of alkyl halides is 3. The Morgan fingerprint density at radius 3 is 2.52 bits per heavy atom. The molecule has 0 aliphatic heterocycles. The predicted octanol–water partition coefficient (Wildman–Crippen LogP) is 3.67. The van der Waals surface area contributed by atoms with Crippen LogP contribution in [0.1, 0.15) is 16.7 Å². The van der Waals surface area contributed by atoms with Crippen molar-refractivity contribution in [3.05, 3.63) is 65.6 Å². The van der Waals surface area contributed by atoms with Crippen molar-refractivity contribution in [3.63, 3.8) is 0 Å². The number of nitrogens with one attached hydrogen (secondary N) is 1. The third-order valence-corrected chi connectivity index (χ3v) is 5.43. The molecule has 0 fully saturated rings. The van der Waals surface area contributed by atoms with Gasteiger partial charge in [0.05, 0.1) is 22.5 Å². The minimum absolute atomic E-state index is 0.0525. The summed E-state index contributed by atoms with van der Waals surface area (Å²) in [6.07, 6.45) is -1.29. The SMILES string of the molecule is Cc1ccc(NCc2cccc(C(F)(F)F)c2)c(-c2cn(C)cn2)c1S(N)(=O)=O. The monoisotopic (exact) mass is 424 g/mol. The third-order valence-electron chi connectivity index (χ3n) is 4.34. The van der Waals surface area contributed by atoms with Crippen LogP contribution in [0.4, 0.5) is 18.9 Å². The van der Waals surface area contributed by atoms with E-state index in [1.54, 1.807) is 42.9 Å². The minimum atomic E-state index is -4.44. The van der Waals surface area contributed by atoms with E-state index in [2.05, 4.69) is 10.3 Å². The maximum atomic E-state index is 12.9. The van der Waals surface area contributed by atoms with E-state index >= 15 is 0 Å². The predicted molar refractivity (Wildman–Crippen MR) is 104 cm³/mol. The fourth-order valence-corrected chi connectivity index (χ4v) is 4.07. The lowest BCUT2D eigenvalue weighted by atomic mass is 10.1. The lowest BCUT2D eigenvalue weighted by Gasteiger charge is -2.17. The van der Waals surface area contributed by atoms with Gasteiger partial charge >= 0.3 is 6.18 Å². The molecule has 6 nitrogen and oxygen atoms in total. The minimum Gasteiger partial charge on any atom is -0.380 e. The Bertz CT molecular complexity index is 1150. The topological polar surface area (TPSA) is 90.0 Å². The van der Waals surface area contributed by atoms with E-state index in [4.69, 9.17) is 5.14 Å². The van der Waals surface area contributed by atoms with Gasteiger partial charge in [-0.25, -0.2) is 18.5 Å². The van der Waals surface area contributed by atoms with Crippen LogP contribution in [-0.4, -0.2) is 18.0 Å². The second-order valence-corrected chi connectivity index (χ2v) is 8.15. The van der Waals surface area contributed by atoms with E-state index < -0.39 is 21.8 Å². The van der Waals surface area contributed by atoms with Gasteiger partial charge in [0.2, 0.25) is 10.0 Å². The first-order chi connectivity index (χ1) is 13.5. The number of imidazole rings is 1. The zero-order valence-corrected chi connectivity index (χ0v) is 16.5. The summed E-state index contributed by atoms with van der Waals surface area (Å²) in [7, 11) is -2.34. The normalized spacial score (nSPS) is 12.2. The number of nitrogens with zero attached hydrogens (tertiary/aromatic N) is 2. The number of anilines is 1. The van der Waals surface area contributed by atoms with Crippen LogP contribution in [0.5, 0.6) is 0 Å². The molecule has 0 radical (unpaired) electrons. The average Bonchev–Trinajstić information content (AvgIpc) is 3.05. The maximum absolute atomic E-state index is 12.9. The summed E-state index contributed by atoms with van der Waals surface area (Å²) in [6.45, 7) is 1.67. The Morgan fingerprint density at radius 1 is 1.21 bits per heavy atom. The van der Waals surface area contributed by atoms with E-state index in [9.17, 15) is 21.6 Å². The lowest BCUT2D eigenvalue weighted by molar-refractivity contribution is -0.137. The van der Waals surface area contributed by atoms with Crippen molar-refractivity contribution in [2.75, 3.05) is 5.32 Å². The molecule has 154 valence electrons. The average molecular weight is 424 g/mol. The number of halogens is 3. The molecule has 1 aromatic heterocycles. The number of hydrogen-bond acceptors (Lipinski definition) is 4. The van der Waals surface area contributed by atoms with Crippen molar-refractivity contribution in [1.29, 1.82) is 0 Å². The number of aromatic nitrogens is 2. The van der Waals surface area contributed by atoms with Gasteiger partial charge in [-0.3, -0.25) is 0 Å². The molecule has 0 spiro atoms. The molecule has 10 heteroatoms. The Balaban J connectivity index is 2.04. The number of primary sulfonamides is 1. The van der Waals surface area contributed by atoms with Crippen LogP contribution in [0.3, 0.4) is 0 Å². The fourth-order valence-electron chi connectivity index (χ4n) is 3.05. The molecule has 2 aromatic carbocycles. The van der Waals surface area contributed by atoms with Crippen molar-refractivity contribution >= 4 is 15.7 Å². The van der Waals surface area contributed by atoms with Gasteiger partial charge in [-0.05, 0) is 36.2 Å². The molecule has 0 saturated heterocycles. The maximum Gasteiger partial charge on any atom is 0.416 e. The first kappa shape index (κ1) is 20.9. The van der Waals surface area contributed by atoms with Gasteiger partial charge in [0.1, 0.15) is 0 Å². The first-order valence-corrected chi connectivity index (χ1v) is 10.1. The molecule has 0 aliphatic carbocycles. The standard InChI is InChI=1S/C19H19F3N4O2S/c1-12-6-7-15(24-9-13-4-3-5-14(8-13)19(20,21)22)17(18(12)29(23,27)28)16-10-26(2)11-25-16/h3-8,10-11,24H,9H2,1-2H3,(H2,23,27,28). The number of rotatable bonds is 5. The molecule has 0 unspecified atom stereocenters. The summed E-state index contributed by atoms with van der Waals surface area (Å²) in [5.74, 6) is 0. The van der Waals surface area contributed by atoms with Gasteiger partial charge < -0.3 is 9.88 Å². The summed E-state index contributed by atoms with van der Waals surface area (Å²) in [6, 6.07) is 8.15. The molecule has 1 heterocycles. The van der Waals surface area contributed by atoms with Crippen molar-refractivity contribution in [3.8, 4) is 11.3 Å². The molecule has 29 heavy (non-hydrogen) atoms. The molecule has 0 atom stereocenters. The summed E-state index contributed by atoms with van der Waals surface area (Å²) in [5.41, 5.74) is 1.14. The Kier molecular flexibility index (Phi) is 5.42. The summed E-state index contributed by atoms with van der Waals surface area (Å²) in [4.78, 5) is 4.14. The smallest absolute Gasteiger partial charge is 0.380 e. The fraction of sp³-hybridized carbons (Fsp3) is 0.211. The van der Waals surface area contributed by atoms with Crippen LogP contribution < -0.4 is 10.5 Å². The Morgan fingerprint density at radius 2 is 1.93 bits per heavy atom. The van der Waals surface area contributed by atoms with Gasteiger partial charge in [-0.2, -0.15) is 13.2 Å². The van der Waals surface area contributed by atoms with Crippen LogP contribution in [0, 0.1) is 6.92 Å². The lowest BCUT2D eigenvalue weighted by Crippen LogP contribution is -2.16. The first-order valence-electron chi connectivity index (χ1n) is 8.51. The molecule has 0 amide bonds. The van der Waals surface area contributed by atoms with E-state index in [1.165, 1.54) is 12.4 Å². The second-order valence-electron chi connectivity index (χ2n) is 6.66. The number of sulfonamides is 1. The number of hydrogen-bond donors (Lipinski definition) is 2. The molecular formula is C19H19F3N4O2S. The molecule has 3 aromatic rings. The highest BCUT2D eigenvalue weighted by molar-refractivity contribution is 7.89. The second kappa shape index (κ2) is 7.53. The van der Waals surface area contributed by atoms with E-state index in [0.29, 0.717) is 22.5 Å². The van der Waals surface area contributed by atoms with E-state index in [-0.39, 0.29) is 17.0 Å². The highest BCUT2D eigenvalue weighted by Crippen LogP contribution is 2.36. The zero-order valence-electron chi connectivity index (χ0n) is 15.7. The Hall–Kier alpha value is -2.85. The quantitative estimate of drug-likeness (QED) is 0.654. The number of benzene rings is 2. The van der Waals surface area contributed by atoms with Crippen LogP contribution in [0.25, 0.3) is 11.3 Å². The number of aryl methyl sites for hydroxylation is 2. The van der Waals surface area contributed by atoms with Gasteiger partial charge in [0.15, 0.2) is 0 Å². The highest BCUT2D eigenvalue weighted by atomic mass is 32.2. The van der Waals surface area contributed by atoms with Crippen molar-refractivity contribution in [2.24, 2.45) is 12.2 Å². The summed E-state index contributed by atoms with van der Waals surface area (Å²) in [5, 5.41) is 8.45. The molecule has 3 rings (SSSR count). The molecule has 0 bridgehead atoms. The van der Waals surface area contributed by atoms with Gasteiger partial charge in [-0.1, -0.05) is 18.2 Å². The molecular weight excluding hydrogens is 405 g/mol. The Labute approximate surface area is 166 Å². The largest absolute Gasteiger partial charge is 0.416 e. The van der Waals surface area contributed by atoms with Crippen molar-refractivity contribution in [1.82, 2.24) is 9.55 Å². The molecule has 0 aliphatic rings. The third kappa shape index (κ3) is 4.60. The van der Waals surface area contributed by atoms with Gasteiger partial charge in [0, 0.05) is 31.0 Å². The molecule has 3 N–H and O–H groups in total. The number of nitrogens with two attached hydrogens (primary N) is 1. The van der Waals surface area contributed by atoms with E-state index in [1.807, 2.05) is 0 Å². The zero-order chi connectivity index (χ0) is 21.4. The van der Waals surface area contributed by atoms with Gasteiger partial charge in [0.25, 0.3) is 0 Å². The highest BCUT2D eigenvalue weighted by Gasteiger charge is 2.30. The summed E-state index contributed by atoms with van der Waals surface area (Å²) >= 11 is 0. The summed E-state index contributed by atoms with van der Waals surface area (Å²) < 4.78 is 64.9. The van der Waals surface area contributed by atoms with Crippen LogP contribution in [-0.2, 0) is 29.8 Å². The van der Waals surface area contributed by atoms with E-state index in [0.717, 1.165) is 12.1 Å². The van der Waals surface area contributed by atoms with Crippen molar-refractivity contribution < 1.29 is 21.6 Å². The van der Waals surface area contributed by atoms with Crippen molar-refractivity contribution in [2.45, 2.75) is 24.5 Å².